The van der Waals surface area contributed by atoms with Crippen molar-refractivity contribution in [2.45, 2.75) is 6.92 Å². The molecule has 1 aromatic heterocycles. The molecule has 0 aliphatic heterocycles. The molecule has 0 spiro atoms. The molecule has 1 heterocycles. The van der Waals surface area contributed by atoms with Crippen LogP contribution in [-0.4, -0.2) is 16.1 Å². The Balaban J connectivity index is 2.57. The van der Waals surface area contributed by atoms with Gasteiger partial charge < -0.3 is 5.11 Å². The Bertz CT molecular complexity index is 588. The molecule has 16 heavy (non-hydrogen) atoms. The molecule has 1 aromatic carbocycles. The van der Waals surface area contributed by atoms with Crippen LogP contribution < -0.4 is 0 Å². The van der Waals surface area contributed by atoms with Gasteiger partial charge in [0.2, 0.25) is 0 Å². The number of hydrogen-bond acceptors (Lipinski definition) is 2. The van der Waals surface area contributed by atoms with Crippen LogP contribution in [0.5, 0.6) is 0 Å². The molecule has 0 fully saturated rings. The molecule has 0 saturated heterocycles. The summed E-state index contributed by atoms with van der Waals surface area (Å²) >= 11 is 0. The van der Waals surface area contributed by atoms with E-state index in [2.05, 4.69) is 11.6 Å². The Labute approximate surface area is 93.1 Å². The molecule has 3 nitrogen and oxygen atoms in total. The largest absolute Gasteiger partial charge is 0.478 e. The van der Waals surface area contributed by atoms with Gasteiger partial charge in [0.15, 0.2) is 0 Å². The minimum atomic E-state index is -1.00. The maximum Gasteiger partial charge on any atom is 0.335 e. The predicted molar refractivity (Wildman–Crippen MR) is 63.1 cm³/mol. The van der Waals surface area contributed by atoms with Crippen molar-refractivity contribution in [1.29, 1.82) is 0 Å². The number of hydrogen-bond donors (Lipinski definition) is 1. The number of nitrogens with zero attached hydrogens (tertiary/aromatic N) is 1. The van der Waals surface area contributed by atoms with Gasteiger partial charge in [-0.3, -0.25) is 4.98 Å². The van der Waals surface area contributed by atoms with Crippen molar-refractivity contribution in [2.75, 3.05) is 0 Å². The van der Waals surface area contributed by atoms with Gasteiger partial charge in [0.25, 0.3) is 0 Å². The van der Waals surface area contributed by atoms with Crippen molar-refractivity contribution in [2.24, 2.45) is 0 Å². The van der Waals surface area contributed by atoms with Crippen LogP contribution in [0.3, 0.4) is 0 Å². The number of carbonyl (C=O) groups is 1. The van der Waals surface area contributed by atoms with E-state index in [9.17, 15) is 4.79 Å². The third-order valence-corrected chi connectivity index (χ3v) is 2.44. The molecule has 3 heteroatoms. The van der Waals surface area contributed by atoms with Gasteiger partial charge in [-0.15, -0.1) is 0 Å². The van der Waals surface area contributed by atoms with Crippen LogP contribution in [-0.2, 0) is 4.79 Å². The molecule has 2 rings (SSSR count). The third kappa shape index (κ3) is 1.80. The number of carboxylic acids is 1. The van der Waals surface area contributed by atoms with Gasteiger partial charge in [0.1, 0.15) is 0 Å². The highest BCUT2D eigenvalue weighted by Crippen LogP contribution is 2.19. The molecule has 0 amide bonds. The fourth-order valence-corrected chi connectivity index (χ4v) is 1.54. The fraction of sp³-hybridized carbons (Fsp3) is 0.0769. The molecule has 0 radical (unpaired) electrons. The number of fused-ring (bicyclic) bond motifs is 1. The summed E-state index contributed by atoms with van der Waals surface area (Å²) in [5.41, 5.74) is 2.52. The quantitative estimate of drug-likeness (QED) is 0.780. The number of aliphatic carboxylic acids is 1. The third-order valence-electron chi connectivity index (χ3n) is 2.44. The van der Waals surface area contributed by atoms with E-state index in [1.165, 1.54) is 0 Å². The number of rotatable bonds is 2. The van der Waals surface area contributed by atoms with Gasteiger partial charge in [0.05, 0.1) is 11.1 Å². The standard InChI is InChI=1S/C13H11NO2/c1-8-3-4-11-7-10(9(2)13(15)16)5-6-12(11)14-8/h3-7H,2H2,1H3,(H,15,16). The van der Waals surface area contributed by atoms with Crippen molar-refractivity contribution in [3.63, 3.8) is 0 Å². The molecular formula is C13H11NO2. The number of aromatic nitrogens is 1. The number of aryl methyl sites for hydroxylation is 1. The van der Waals surface area contributed by atoms with Gasteiger partial charge in [-0.25, -0.2) is 4.79 Å². The van der Waals surface area contributed by atoms with Crippen molar-refractivity contribution in [1.82, 2.24) is 4.98 Å². The van der Waals surface area contributed by atoms with E-state index in [0.717, 1.165) is 16.6 Å². The van der Waals surface area contributed by atoms with Crippen LogP contribution in [0.15, 0.2) is 36.9 Å². The van der Waals surface area contributed by atoms with Gasteiger partial charge in [-0.1, -0.05) is 18.7 Å². The Morgan fingerprint density at radius 2 is 2.06 bits per heavy atom. The van der Waals surface area contributed by atoms with Gasteiger partial charge in [-0.05, 0) is 30.7 Å². The van der Waals surface area contributed by atoms with Crippen molar-refractivity contribution < 1.29 is 9.90 Å². The summed E-state index contributed by atoms with van der Waals surface area (Å²) < 4.78 is 0. The van der Waals surface area contributed by atoms with Crippen molar-refractivity contribution in [3.8, 4) is 0 Å². The topological polar surface area (TPSA) is 50.2 Å². The minimum Gasteiger partial charge on any atom is -0.478 e. The lowest BCUT2D eigenvalue weighted by Gasteiger charge is -2.03. The lowest BCUT2D eigenvalue weighted by Crippen LogP contribution is -1.97. The highest BCUT2D eigenvalue weighted by molar-refractivity contribution is 6.15. The predicted octanol–water partition coefficient (Wildman–Crippen LogP) is 2.64. The molecule has 0 aliphatic carbocycles. The average Bonchev–Trinajstić information content (AvgIpc) is 2.27. The number of carboxylic acid groups (broad SMARTS) is 1. The first-order chi connectivity index (χ1) is 7.58. The van der Waals surface area contributed by atoms with Crippen LogP contribution in [0.2, 0.25) is 0 Å². The van der Waals surface area contributed by atoms with E-state index in [-0.39, 0.29) is 5.57 Å². The molecule has 0 bridgehead atoms. The van der Waals surface area contributed by atoms with Gasteiger partial charge in [-0.2, -0.15) is 0 Å². The Morgan fingerprint density at radius 1 is 1.31 bits per heavy atom. The zero-order valence-corrected chi connectivity index (χ0v) is 8.90. The van der Waals surface area contributed by atoms with Crippen LogP contribution in [0.25, 0.3) is 16.5 Å². The minimum absolute atomic E-state index is 0.0995. The lowest BCUT2D eigenvalue weighted by molar-refractivity contribution is -0.130. The summed E-state index contributed by atoms with van der Waals surface area (Å²) in [6, 6.07) is 9.15. The molecule has 80 valence electrons. The van der Waals surface area contributed by atoms with E-state index in [1.807, 2.05) is 25.1 Å². The Hall–Kier alpha value is -2.16. The van der Waals surface area contributed by atoms with Crippen LogP contribution in [0.4, 0.5) is 0 Å². The Morgan fingerprint density at radius 3 is 2.75 bits per heavy atom. The number of pyridine rings is 1. The van der Waals surface area contributed by atoms with E-state index < -0.39 is 5.97 Å². The van der Waals surface area contributed by atoms with E-state index in [1.54, 1.807) is 12.1 Å². The Kier molecular flexibility index (Phi) is 2.44. The maximum absolute atomic E-state index is 10.8. The number of benzene rings is 1. The summed E-state index contributed by atoms with van der Waals surface area (Å²) in [6.45, 7) is 5.45. The zero-order chi connectivity index (χ0) is 11.7. The first-order valence-electron chi connectivity index (χ1n) is 4.88. The monoisotopic (exact) mass is 213 g/mol. The SMILES string of the molecule is C=C(C(=O)O)c1ccc2nc(C)ccc2c1. The fourth-order valence-electron chi connectivity index (χ4n) is 1.54. The van der Waals surface area contributed by atoms with E-state index >= 15 is 0 Å². The molecule has 2 aromatic rings. The smallest absolute Gasteiger partial charge is 0.335 e. The molecular weight excluding hydrogens is 202 g/mol. The van der Waals surface area contributed by atoms with Crippen LogP contribution in [0, 0.1) is 6.92 Å². The first kappa shape index (κ1) is 10.4. The summed E-state index contributed by atoms with van der Waals surface area (Å²) in [6.07, 6.45) is 0. The second-order valence-corrected chi connectivity index (χ2v) is 3.64. The van der Waals surface area contributed by atoms with Gasteiger partial charge >= 0.3 is 5.97 Å². The average molecular weight is 213 g/mol. The van der Waals surface area contributed by atoms with Crippen LogP contribution >= 0.6 is 0 Å². The molecule has 1 N–H and O–H groups in total. The van der Waals surface area contributed by atoms with E-state index in [4.69, 9.17) is 5.11 Å². The summed E-state index contributed by atoms with van der Waals surface area (Å²) in [4.78, 5) is 15.1. The molecule has 0 unspecified atom stereocenters. The first-order valence-corrected chi connectivity index (χ1v) is 4.88. The van der Waals surface area contributed by atoms with Crippen molar-refractivity contribution in [3.05, 3.63) is 48.2 Å². The van der Waals surface area contributed by atoms with Crippen LogP contribution in [0.1, 0.15) is 11.3 Å². The maximum atomic E-state index is 10.8. The zero-order valence-electron chi connectivity index (χ0n) is 8.90. The highest BCUT2D eigenvalue weighted by atomic mass is 16.4. The van der Waals surface area contributed by atoms with E-state index in [0.29, 0.717) is 5.56 Å². The molecule has 0 saturated carbocycles. The summed E-state index contributed by atoms with van der Waals surface area (Å²) in [7, 11) is 0. The lowest BCUT2D eigenvalue weighted by atomic mass is 10.0. The molecule has 0 aliphatic rings. The summed E-state index contributed by atoms with van der Waals surface area (Å²) in [5, 5.41) is 9.76. The normalized spacial score (nSPS) is 10.3. The van der Waals surface area contributed by atoms with Gasteiger partial charge in [0, 0.05) is 11.1 Å². The van der Waals surface area contributed by atoms with Crippen molar-refractivity contribution >= 4 is 22.4 Å². The second-order valence-electron chi connectivity index (χ2n) is 3.64. The highest BCUT2D eigenvalue weighted by Gasteiger charge is 2.07. The summed E-state index contributed by atoms with van der Waals surface area (Å²) in [5.74, 6) is -1.00. The second kappa shape index (κ2) is 3.77. The molecule has 0 atom stereocenters.